The third-order valence-electron chi connectivity index (χ3n) is 3.82. The van der Waals surface area contributed by atoms with Crippen molar-refractivity contribution in [1.29, 1.82) is 0 Å². The quantitative estimate of drug-likeness (QED) is 0.379. The van der Waals surface area contributed by atoms with Crippen molar-refractivity contribution in [2.24, 2.45) is 0 Å². The largest absolute Gasteiger partial charge is 0.491 e. The predicted molar refractivity (Wildman–Crippen MR) is 105 cm³/mol. The van der Waals surface area contributed by atoms with Gasteiger partial charge in [-0.15, -0.1) is 0 Å². The highest BCUT2D eigenvalue weighted by Gasteiger charge is 2.10. The number of hydrogen-bond acceptors (Lipinski definition) is 6. The maximum atomic E-state index is 11.5. The molecule has 0 heterocycles. The van der Waals surface area contributed by atoms with E-state index in [1.54, 1.807) is 12.1 Å². The van der Waals surface area contributed by atoms with E-state index in [4.69, 9.17) is 14.6 Å². The van der Waals surface area contributed by atoms with Gasteiger partial charge in [0.1, 0.15) is 25.1 Å². The van der Waals surface area contributed by atoms with Crippen LogP contribution >= 0.6 is 0 Å². The van der Waals surface area contributed by atoms with Gasteiger partial charge in [0.25, 0.3) is 0 Å². The lowest BCUT2D eigenvalue weighted by atomic mass is 10.2. The molecule has 28 heavy (non-hydrogen) atoms. The molecule has 0 fully saturated rings. The van der Waals surface area contributed by atoms with Crippen LogP contribution < -0.4 is 10.1 Å². The summed E-state index contributed by atoms with van der Waals surface area (Å²) < 4.78 is 10.5. The summed E-state index contributed by atoms with van der Waals surface area (Å²) in [6.07, 6.45) is 0.0944. The summed E-state index contributed by atoms with van der Waals surface area (Å²) in [4.78, 5) is 21.9. The van der Waals surface area contributed by atoms with Crippen molar-refractivity contribution >= 4 is 23.3 Å². The Balaban J connectivity index is 1.63. The number of carbonyl (C=O) groups is 2. The van der Waals surface area contributed by atoms with E-state index in [-0.39, 0.29) is 26.1 Å². The molecular weight excluding hydrogens is 362 g/mol. The van der Waals surface area contributed by atoms with Gasteiger partial charge in [0.2, 0.25) is 0 Å². The highest BCUT2D eigenvalue weighted by molar-refractivity contribution is 5.69. The fourth-order valence-electron chi connectivity index (χ4n) is 2.37. The third-order valence-corrected chi connectivity index (χ3v) is 3.82. The van der Waals surface area contributed by atoms with Gasteiger partial charge in [0.15, 0.2) is 0 Å². The number of carboxylic acids is 1. The topological polar surface area (TPSA) is 105 Å². The van der Waals surface area contributed by atoms with Gasteiger partial charge < -0.3 is 25.0 Å². The molecule has 0 bridgehead atoms. The first-order valence-corrected chi connectivity index (χ1v) is 9.13. The Hall–Kier alpha value is -3.06. The molecule has 2 rings (SSSR count). The zero-order valence-corrected chi connectivity index (χ0v) is 15.5. The standard InChI is InChI=1S/C21H25NO6/c23-18(15-28-21(26)9-5-4-8-20(24)25)14-27-19-12-10-17(11-13-19)22-16-6-2-1-3-7-16/h1-3,6-7,10-13,18,22-23H,4-5,8-9,14-15H2,(H,24,25). The van der Waals surface area contributed by atoms with Crippen LogP contribution in [-0.4, -0.2) is 41.5 Å². The first-order valence-electron chi connectivity index (χ1n) is 9.13. The minimum absolute atomic E-state index is 0.00223. The number of esters is 1. The number of aliphatic hydroxyl groups is 1. The van der Waals surface area contributed by atoms with Gasteiger partial charge in [-0.1, -0.05) is 18.2 Å². The number of carbonyl (C=O) groups excluding carboxylic acids is 1. The fourth-order valence-corrected chi connectivity index (χ4v) is 2.37. The van der Waals surface area contributed by atoms with Crippen LogP contribution in [0.5, 0.6) is 5.75 Å². The zero-order chi connectivity index (χ0) is 20.2. The molecule has 0 aliphatic heterocycles. The van der Waals surface area contributed by atoms with Gasteiger partial charge >= 0.3 is 11.9 Å². The summed E-state index contributed by atoms with van der Waals surface area (Å²) in [5.41, 5.74) is 1.90. The Bertz CT molecular complexity index is 732. The maximum absolute atomic E-state index is 11.5. The van der Waals surface area contributed by atoms with Crippen LogP contribution in [0.3, 0.4) is 0 Å². The molecule has 0 spiro atoms. The number of hydrogen-bond donors (Lipinski definition) is 3. The minimum Gasteiger partial charge on any atom is -0.491 e. The molecule has 2 aromatic rings. The average molecular weight is 387 g/mol. The Morgan fingerprint density at radius 1 is 0.893 bits per heavy atom. The third kappa shape index (κ3) is 8.55. The number of unbranched alkanes of at least 4 members (excludes halogenated alkanes) is 1. The Morgan fingerprint density at radius 2 is 1.54 bits per heavy atom. The molecule has 0 radical (unpaired) electrons. The van der Waals surface area contributed by atoms with E-state index in [0.717, 1.165) is 11.4 Å². The second-order valence-electron chi connectivity index (χ2n) is 6.26. The number of aliphatic hydroxyl groups excluding tert-OH is 1. The monoisotopic (exact) mass is 387 g/mol. The Labute approximate surface area is 163 Å². The van der Waals surface area contributed by atoms with Crippen LogP contribution in [0.25, 0.3) is 0 Å². The minimum atomic E-state index is -0.940. The zero-order valence-electron chi connectivity index (χ0n) is 15.5. The van der Waals surface area contributed by atoms with E-state index < -0.39 is 18.0 Å². The van der Waals surface area contributed by atoms with Gasteiger partial charge in [0, 0.05) is 24.2 Å². The van der Waals surface area contributed by atoms with Crippen molar-refractivity contribution < 1.29 is 29.3 Å². The average Bonchev–Trinajstić information content (AvgIpc) is 2.70. The van der Waals surface area contributed by atoms with Crippen molar-refractivity contribution in [2.45, 2.75) is 31.8 Å². The second-order valence-corrected chi connectivity index (χ2v) is 6.26. The number of carboxylic acid groups (broad SMARTS) is 1. The SMILES string of the molecule is O=C(O)CCCCC(=O)OCC(O)COc1ccc(Nc2ccccc2)cc1. The summed E-state index contributed by atoms with van der Waals surface area (Å²) in [6, 6.07) is 17.1. The van der Waals surface area contributed by atoms with Gasteiger partial charge in [-0.25, -0.2) is 0 Å². The molecule has 7 heteroatoms. The number of anilines is 2. The summed E-state index contributed by atoms with van der Waals surface area (Å²) in [6.45, 7) is -0.164. The molecule has 0 aliphatic carbocycles. The van der Waals surface area contributed by atoms with Crippen LogP contribution in [0.15, 0.2) is 54.6 Å². The second kappa shape index (κ2) is 11.6. The van der Waals surface area contributed by atoms with Crippen molar-refractivity contribution in [3.05, 3.63) is 54.6 Å². The molecule has 0 aromatic heterocycles. The number of para-hydroxylation sites is 1. The van der Waals surface area contributed by atoms with Gasteiger partial charge in [0.05, 0.1) is 0 Å². The summed E-state index contributed by atoms with van der Waals surface area (Å²) in [5, 5.41) is 21.6. The van der Waals surface area contributed by atoms with E-state index in [1.165, 1.54) is 0 Å². The number of nitrogens with one attached hydrogen (secondary N) is 1. The van der Waals surface area contributed by atoms with Crippen molar-refractivity contribution in [3.8, 4) is 5.75 Å². The Kier molecular flexibility index (Phi) is 8.81. The molecule has 150 valence electrons. The van der Waals surface area contributed by atoms with E-state index in [0.29, 0.717) is 18.6 Å². The molecule has 0 aliphatic rings. The first-order chi connectivity index (χ1) is 13.5. The molecule has 2 aromatic carbocycles. The van der Waals surface area contributed by atoms with E-state index in [2.05, 4.69) is 5.32 Å². The lowest BCUT2D eigenvalue weighted by Gasteiger charge is -2.13. The summed E-state index contributed by atoms with van der Waals surface area (Å²) in [7, 11) is 0. The van der Waals surface area contributed by atoms with Gasteiger partial charge in [-0.2, -0.15) is 0 Å². The molecule has 0 amide bonds. The highest BCUT2D eigenvalue weighted by Crippen LogP contribution is 2.20. The van der Waals surface area contributed by atoms with Crippen LogP contribution in [-0.2, 0) is 14.3 Å². The number of rotatable bonds is 12. The van der Waals surface area contributed by atoms with E-state index in [1.807, 2.05) is 42.5 Å². The highest BCUT2D eigenvalue weighted by atomic mass is 16.5. The molecule has 1 unspecified atom stereocenters. The fraction of sp³-hybridized carbons (Fsp3) is 0.333. The maximum Gasteiger partial charge on any atom is 0.305 e. The van der Waals surface area contributed by atoms with Gasteiger partial charge in [-0.3, -0.25) is 9.59 Å². The van der Waals surface area contributed by atoms with E-state index >= 15 is 0 Å². The molecule has 0 saturated heterocycles. The Morgan fingerprint density at radius 3 is 2.21 bits per heavy atom. The van der Waals surface area contributed by atoms with Crippen molar-refractivity contribution in [3.63, 3.8) is 0 Å². The lowest BCUT2D eigenvalue weighted by Crippen LogP contribution is -2.25. The predicted octanol–water partition coefficient (Wildman–Crippen LogP) is 3.36. The molecule has 0 saturated carbocycles. The normalized spacial score (nSPS) is 11.5. The summed E-state index contributed by atoms with van der Waals surface area (Å²) in [5.74, 6) is -0.747. The lowest BCUT2D eigenvalue weighted by molar-refractivity contribution is -0.147. The number of ether oxygens (including phenoxy) is 2. The van der Waals surface area contributed by atoms with Crippen LogP contribution in [0.1, 0.15) is 25.7 Å². The van der Waals surface area contributed by atoms with Crippen LogP contribution in [0.4, 0.5) is 11.4 Å². The molecule has 3 N–H and O–H groups in total. The van der Waals surface area contributed by atoms with Crippen LogP contribution in [0.2, 0.25) is 0 Å². The molecule has 7 nitrogen and oxygen atoms in total. The van der Waals surface area contributed by atoms with Crippen molar-refractivity contribution in [1.82, 2.24) is 0 Å². The number of aliphatic carboxylic acids is 1. The van der Waals surface area contributed by atoms with Crippen molar-refractivity contribution in [2.75, 3.05) is 18.5 Å². The first kappa shape index (κ1) is 21.2. The molecule has 1 atom stereocenters. The van der Waals surface area contributed by atoms with E-state index in [9.17, 15) is 14.7 Å². The summed E-state index contributed by atoms with van der Waals surface area (Å²) >= 11 is 0. The van der Waals surface area contributed by atoms with Crippen LogP contribution in [0, 0.1) is 0 Å². The molecular formula is C21H25NO6. The smallest absolute Gasteiger partial charge is 0.305 e. The van der Waals surface area contributed by atoms with Gasteiger partial charge in [-0.05, 0) is 49.2 Å². The number of benzene rings is 2.